The van der Waals surface area contributed by atoms with Gasteiger partial charge in [0.25, 0.3) is 0 Å². The van der Waals surface area contributed by atoms with E-state index in [1.165, 1.54) is 14.2 Å². The van der Waals surface area contributed by atoms with E-state index in [4.69, 9.17) is 10.2 Å². The van der Waals surface area contributed by atoms with E-state index < -0.39 is 0 Å². The van der Waals surface area contributed by atoms with Gasteiger partial charge < -0.3 is 10.2 Å². The Hall–Kier alpha value is -0.200. The minimum Gasteiger partial charge on any atom is -0.396 e. The summed E-state index contributed by atoms with van der Waals surface area (Å²) in [5.74, 6) is 0. The highest BCUT2D eigenvalue weighted by Gasteiger charge is 2.13. The van der Waals surface area contributed by atoms with E-state index in [-0.39, 0.29) is 18.6 Å². The van der Waals surface area contributed by atoms with Crippen molar-refractivity contribution in [3.8, 4) is 0 Å². The van der Waals surface area contributed by atoms with Gasteiger partial charge >= 0.3 is 0 Å². The first-order valence-electron chi connectivity index (χ1n) is 3.49. The minimum absolute atomic E-state index is 0.0451. The molecule has 0 fully saturated rings. The molecule has 0 aliphatic rings. The van der Waals surface area contributed by atoms with Crippen molar-refractivity contribution in [2.75, 3.05) is 27.4 Å². The Morgan fingerprint density at radius 3 is 1.33 bits per heavy atom. The molecular weight excluding hydrogens is 164 g/mol. The molecule has 0 aliphatic heterocycles. The molecule has 0 heterocycles. The van der Waals surface area contributed by atoms with Gasteiger partial charge in [-0.25, -0.2) is 9.78 Å². The fourth-order valence-electron chi connectivity index (χ4n) is 0.118. The molecule has 76 valence electrons. The van der Waals surface area contributed by atoms with Crippen LogP contribution in [0.5, 0.6) is 0 Å². The zero-order valence-corrected chi connectivity index (χ0v) is 8.03. The molecule has 2 N–H and O–H groups in total. The van der Waals surface area contributed by atoms with E-state index >= 15 is 0 Å². The van der Waals surface area contributed by atoms with E-state index in [0.29, 0.717) is 0 Å². The second-order valence-corrected chi connectivity index (χ2v) is 2.88. The smallest absolute Gasteiger partial charge is 0.0744 e. The van der Waals surface area contributed by atoms with Gasteiger partial charge in [0, 0.05) is 5.41 Å². The molecule has 0 radical (unpaired) electrons. The van der Waals surface area contributed by atoms with Crippen LogP contribution < -0.4 is 0 Å². The van der Waals surface area contributed by atoms with Crippen LogP contribution in [-0.2, 0) is 14.8 Å². The van der Waals surface area contributed by atoms with Crippen LogP contribution in [-0.4, -0.2) is 37.6 Å². The second-order valence-electron chi connectivity index (χ2n) is 2.88. The molecule has 0 aromatic rings. The summed E-state index contributed by atoms with van der Waals surface area (Å²) < 4.78 is 0. The lowest BCUT2D eigenvalue weighted by atomic mass is 9.97. The van der Waals surface area contributed by atoms with Gasteiger partial charge in [0.1, 0.15) is 0 Å². The standard InChI is InChI=1S/C5H12O2.C2H6O3/c1-5(2,3-6)4-7;1-3-5-4-2/h6-7H,3-4H2,1-2H3;1-2H3. The van der Waals surface area contributed by atoms with Crippen LogP contribution in [0.1, 0.15) is 13.8 Å². The topological polar surface area (TPSA) is 68.2 Å². The van der Waals surface area contributed by atoms with Crippen molar-refractivity contribution in [3.63, 3.8) is 0 Å². The molecule has 0 aliphatic carbocycles. The van der Waals surface area contributed by atoms with E-state index in [1.54, 1.807) is 13.8 Å². The summed E-state index contributed by atoms with van der Waals surface area (Å²) in [4.78, 5) is 7.94. The summed E-state index contributed by atoms with van der Waals surface area (Å²) in [6.07, 6.45) is 0. The molecule has 5 nitrogen and oxygen atoms in total. The highest BCUT2D eigenvalue weighted by molar-refractivity contribution is 4.62. The molecule has 12 heavy (non-hydrogen) atoms. The monoisotopic (exact) mass is 182 g/mol. The summed E-state index contributed by atoms with van der Waals surface area (Å²) in [5.41, 5.74) is -0.306. The first-order valence-corrected chi connectivity index (χ1v) is 3.49. The number of hydrogen-bond donors (Lipinski definition) is 2. The van der Waals surface area contributed by atoms with Crippen LogP contribution in [0.3, 0.4) is 0 Å². The molecule has 0 saturated heterocycles. The van der Waals surface area contributed by atoms with Gasteiger partial charge in [0.05, 0.1) is 27.4 Å². The third-order valence-corrected chi connectivity index (χ3v) is 0.992. The van der Waals surface area contributed by atoms with Crippen molar-refractivity contribution in [1.82, 2.24) is 0 Å². The quantitative estimate of drug-likeness (QED) is 0.477. The summed E-state index contributed by atoms with van der Waals surface area (Å²) in [7, 11) is 2.73. The van der Waals surface area contributed by atoms with Crippen molar-refractivity contribution >= 4 is 0 Å². The van der Waals surface area contributed by atoms with Crippen molar-refractivity contribution in [2.45, 2.75) is 13.8 Å². The number of hydrogen-bond acceptors (Lipinski definition) is 5. The van der Waals surface area contributed by atoms with Crippen molar-refractivity contribution < 1.29 is 25.0 Å². The maximum absolute atomic E-state index is 8.43. The number of rotatable bonds is 4. The van der Waals surface area contributed by atoms with Gasteiger partial charge in [-0.2, -0.15) is 0 Å². The number of aliphatic hydroxyl groups excluding tert-OH is 2. The highest BCUT2D eigenvalue weighted by Crippen LogP contribution is 2.10. The predicted octanol–water partition coefficient (Wildman–Crippen LogP) is 0.123. The fraction of sp³-hybridized carbons (Fsp3) is 1.00. The van der Waals surface area contributed by atoms with Crippen LogP contribution >= 0.6 is 0 Å². The molecule has 5 heteroatoms. The van der Waals surface area contributed by atoms with Crippen molar-refractivity contribution in [2.24, 2.45) is 5.41 Å². The van der Waals surface area contributed by atoms with E-state index in [9.17, 15) is 0 Å². The summed E-state index contributed by atoms with van der Waals surface area (Å²) in [6.45, 7) is 3.69. The molecule has 0 unspecified atom stereocenters. The lowest BCUT2D eigenvalue weighted by Crippen LogP contribution is -2.20. The van der Waals surface area contributed by atoms with E-state index in [0.717, 1.165) is 0 Å². The Balaban J connectivity index is 0. The first-order chi connectivity index (χ1) is 5.54. The van der Waals surface area contributed by atoms with Gasteiger partial charge in [0.2, 0.25) is 0 Å². The average Bonchev–Trinajstić information content (AvgIpc) is 2.07. The van der Waals surface area contributed by atoms with E-state index in [1.807, 2.05) is 0 Å². The SMILES string of the molecule is CC(C)(CO)CO.COOOC. The van der Waals surface area contributed by atoms with Crippen molar-refractivity contribution in [1.29, 1.82) is 0 Å². The molecule has 0 spiro atoms. The van der Waals surface area contributed by atoms with Crippen LogP contribution in [0.2, 0.25) is 0 Å². The largest absolute Gasteiger partial charge is 0.396 e. The highest BCUT2D eigenvalue weighted by atomic mass is 17.5. The van der Waals surface area contributed by atoms with Gasteiger partial charge in [-0.3, -0.25) is 0 Å². The summed E-state index contributed by atoms with van der Waals surface area (Å²) in [6, 6.07) is 0. The molecule has 0 aromatic heterocycles. The van der Waals surface area contributed by atoms with Crippen molar-refractivity contribution in [3.05, 3.63) is 0 Å². The Morgan fingerprint density at radius 1 is 1.00 bits per heavy atom. The Bertz CT molecular complexity index is 75.9. The molecule has 0 aromatic carbocycles. The van der Waals surface area contributed by atoms with E-state index in [2.05, 4.69) is 14.8 Å². The minimum atomic E-state index is -0.306. The third-order valence-electron chi connectivity index (χ3n) is 0.992. The first kappa shape index (κ1) is 14.3. The zero-order chi connectivity index (χ0) is 10.0. The molecule has 0 saturated carbocycles. The Kier molecular flexibility index (Phi) is 10.6. The molecule has 0 rings (SSSR count). The van der Waals surface area contributed by atoms with Crippen LogP contribution in [0.15, 0.2) is 0 Å². The fourth-order valence-corrected chi connectivity index (χ4v) is 0.118. The second kappa shape index (κ2) is 8.89. The predicted molar refractivity (Wildman–Crippen MR) is 43.1 cm³/mol. The lowest BCUT2D eigenvalue weighted by molar-refractivity contribution is -0.491. The normalized spacial score (nSPS) is 10.5. The number of aliphatic hydroxyl groups is 2. The molecule has 0 atom stereocenters. The van der Waals surface area contributed by atoms with Crippen LogP contribution in [0.4, 0.5) is 0 Å². The summed E-state index contributed by atoms with van der Waals surface area (Å²) in [5, 5.41) is 20.7. The summed E-state index contributed by atoms with van der Waals surface area (Å²) >= 11 is 0. The Morgan fingerprint density at radius 2 is 1.33 bits per heavy atom. The maximum Gasteiger partial charge on any atom is 0.0744 e. The lowest BCUT2D eigenvalue weighted by Gasteiger charge is -2.16. The average molecular weight is 182 g/mol. The third kappa shape index (κ3) is 12.5. The zero-order valence-electron chi connectivity index (χ0n) is 8.03. The molecular formula is C7H18O5. The van der Waals surface area contributed by atoms with Crippen LogP contribution in [0.25, 0.3) is 0 Å². The van der Waals surface area contributed by atoms with Gasteiger partial charge in [-0.05, 0) is 0 Å². The maximum atomic E-state index is 8.43. The Labute approximate surface area is 72.7 Å². The van der Waals surface area contributed by atoms with Gasteiger partial charge in [0.15, 0.2) is 0 Å². The van der Waals surface area contributed by atoms with Gasteiger partial charge in [-0.1, -0.05) is 18.9 Å². The molecule has 0 amide bonds. The van der Waals surface area contributed by atoms with Crippen LogP contribution in [0, 0.1) is 5.41 Å². The molecule has 0 bridgehead atoms. The van der Waals surface area contributed by atoms with Gasteiger partial charge in [-0.15, -0.1) is 0 Å².